The standard InChI is InChI=1S/C23H23ClN7O/c1-15-5-8-31-19(14-26-21(31)11-15)22-17(24)13-27-23(29-22)28-18-4-3-16(12-20(18)32-2)30-9-6-25-7-10-30/h3-5,8,11-14H,6-7,9-10H2,1-2H3,(H,27,28,29). The van der Waals surface area contributed by atoms with E-state index in [0.29, 0.717) is 16.7 Å². The third-order valence-electron chi connectivity index (χ3n) is 5.51. The molecular formula is C23H23ClN7O. The van der Waals surface area contributed by atoms with Crippen LogP contribution in [0.15, 0.2) is 48.9 Å². The van der Waals surface area contributed by atoms with Crippen molar-refractivity contribution >= 4 is 34.6 Å². The van der Waals surface area contributed by atoms with Gasteiger partial charge in [-0.1, -0.05) is 11.6 Å². The molecule has 0 unspecified atom stereocenters. The lowest BCUT2D eigenvalue weighted by atomic mass is 10.2. The van der Waals surface area contributed by atoms with Gasteiger partial charge in [-0.3, -0.25) is 4.40 Å². The van der Waals surface area contributed by atoms with Crippen molar-refractivity contribution in [3.05, 3.63) is 59.5 Å². The molecule has 0 saturated carbocycles. The Balaban J connectivity index is 1.46. The number of methoxy groups -OCH3 is 1. The molecule has 9 heteroatoms. The third-order valence-corrected chi connectivity index (χ3v) is 5.78. The number of piperazine rings is 1. The van der Waals surface area contributed by atoms with Gasteiger partial charge in [0, 0.05) is 44.1 Å². The zero-order chi connectivity index (χ0) is 22.1. The summed E-state index contributed by atoms with van der Waals surface area (Å²) < 4.78 is 7.60. The van der Waals surface area contributed by atoms with Gasteiger partial charge in [0.05, 0.1) is 35.9 Å². The molecule has 32 heavy (non-hydrogen) atoms. The van der Waals surface area contributed by atoms with Crippen molar-refractivity contribution in [2.24, 2.45) is 0 Å². The molecule has 0 amide bonds. The summed E-state index contributed by atoms with van der Waals surface area (Å²) in [6, 6.07) is 10.1. The molecule has 0 bridgehead atoms. The molecule has 0 aliphatic carbocycles. The Hall–Kier alpha value is -3.36. The summed E-state index contributed by atoms with van der Waals surface area (Å²) >= 11 is 6.46. The van der Waals surface area contributed by atoms with Crippen molar-refractivity contribution in [3.63, 3.8) is 0 Å². The van der Waals surface area contributed by atoms with Gasteiger partial charge in [-0.25, -0.2) is 20.3 Å². The molecule has 1 N–H and O–H groups in total. The molecule has 1 saturated heterocycles. The average Bonchev–Trinajstić information content (AvgIpc) is 3.24. The molecule has 163 valence electrons. The van der Waals surface area contributed by atoms with Gasteiger partial charge in [-0.05, 0) is 36.8 Å². The Bertz CT molecular complexity index is 1270. The number of halogens is 1. The summed E-state index contributed by atoms with van der Waals surface area (Å²) in [6.07, 6.45) is 5.33. The normalized spacial score (nSPS) is 14.0. The SMILES string of the molecule is COc1cc(N2CC[N]CC2)ccc1Nc1ncc(Cl)c(-c2cnc3cc(C)ccn23)n1. The summed E-state index contributed by atoms with van der Waals surface area (Å²) in [7, 11) is 1.66. The number of aromatic nitrogens is 4. The first-order chi connectivity index (χ1) is 15.6. The summed E-state index contributed by atoms with van der Waals surface area (Å²) in [5, 5.41) is 8.13. The van der Waals surface area contributed by atoms with Crippen LogP contribution >= 0.6 is 11.6 Å². The first-order valence-electron chi connectivity index (χ1n) is 10.4. The fourth-order valence-electron chi connectivity index (χ4n) is 3.83. The Morgan fingerprint density at radius 3 is 2.72 bits per heavy atom. The number of nitrogens with zero attached hydrogens (tertiary/aromatic N) is 6. The highest BCUT2D eigenvalue weighted by molar-refractivity contribution is 6.32. The highest BCUT2D eigenvalue weighted by Crippen LogP contribution is 2.33. The number of pyridine rings is 1. The van der Waals surface area contributed by atoms with E-state index in [0.717, 1.165) is 60.2 Å². The van der Waals surface area contributed by atoms with Crippen LogP contribution in [0.4, 0.5) is 17.3 Å². The number of rotatable bonds is 5. The lowest BCUT2D eigenvalue weighted by molar-refractivity contribution is 0.416. The smallest absolute Gasteiger partial charge is 0.227 e. The maximum atomic E-state index is 6.46. The van der Waals surface area contributed by atoms with Gasteiger partial charge >= 0.3 is 0 Å². The lowest BCUT2D eigenvalue weighted by Crippen LogP contribution is -2.40. The van der Waals surface area contributed by atoms with Crippen molar-refractivity contribution < 1.29 is 4.74 Å². The van der Waals surface area contributed by atoms with Crippen molar-refractivity contribution in [1.29, 1.82) is 0 Å². The Labute approximate surface area is 191 Å². The zero-order valence-corrected chi connectivity index (χ0v) is 18.7. The van der Waals surface area contributed by atoms with E-state index in [1.807, 2.05) is 41.8 Å². The number of imidazole rings is 1. The molecule has 8 nitrogen and oxygen atoms in total. The van der Waals surface area contributed by atoms with Crippen LogP contribution in [0.5, 0.6) is 5.75 Å². The van der Waals surface area contributed by atoms with Gasteiger partial charge in [-0.2, -0.15) is 0 Å². The second-order valence-corrected chi connectivity index (χ2v) is 8.04. The number of aryl methyl sites for hydroxylation is 1. The summed E-state index contributed by atoms with van der Waals surface area (Å²) in [5.74, 6) is 1.14. The molecule has 1 aliphatic heterocycles. The van der Waals surface area contributed by atoms with Crippen LogP contribution in [-0.2, 0) is 0 Å². The van der Waals surface area contributed by atoms with Crippen LogP contribution in [-0.4, -0.2) is 52.6 Å². The monoisotopic (exact) mass is 448 g/mol. The van der Waals surface area contributed by atoms with Gasteiger partial charge in [0.2, 0.25) is 5.95 Å². The van der Waals surface area contributed by atoms with Crippen LogP contribution in [0.2, 0.25) is 5.02 Å². The van der Waals surface area contributed by atoms with E-state index in [2.05, 4.69) is 36.6 Å². The van der Waals surface area contributed by atoms with E-state index in [-0.39, 0.29) is 0 Å². The number of hydrogen-bond acceptors (Lipinski definition) is 6. The molecule has 3 aromatic heterocycles. The maximum Gasteiger partial charge on any atom is 0.227 e. The molecule has 0 spiro atoms. The fourth-order valence-corrected chi connectivity index (χ4v) is 4.02. The van der Waals surface area contributed by atoms with Gasteiger partial charge in [0.15, 0.2) is 0 Å². The van der Waals surface area contributed by atoms with E-state index in [9.17, 15) is 0 Å². The fraction of sp³-hybridized carbons (Fsp3) is 0.261. The van der Waals surface area contributed by atoms with E-state index >= 15 is 0 Å². The molecule has 1 fully saturated rings. The van der Waals surface area contributed by atoms with Crippen LogP contribution < -0.4 is 20.3 Å². The Morgan fingerprint density at radius 2 is 1.91 bits per heavy atom. The number of anilines is 3. The quantitative estimate of drug-likeness (QED) is 0.498. The van der Waals surface area contributed by atoms with E-state index in [1.165, 1.54) is 0 Å². The molecule has 1 aliphatic rings. The van der Waals surface area contributed by atoms with Crippen molar-refractivity contribution in [2.75, 3.05) is 43.5 Å². The molecule has 1 radical (unpaired) electrons. The third kappa shape index (κ3) is 3.94. The van der Waals surface area contributed by atoms with Gasteiger partial charge in [-0.15, -0.1) is 0 Å². The topological polar surface area (TPSA) is 81.7 Å². The largest absolute Gasteiger partial charge is 0.494 e. The molecular weight excluding hydrogens is 426 g/mol. The lowest BCUT2D eigenvalue weighted by Gasteiger charge is -2.29. The number of hydrogen-bond donors (Lipinski definition) is 1. The van der Waals surface area contributed by atoms with Gasteiger partial charge in [0.1, 0.15) is 17.1 Å². The molecule has 5 rings (SSSR count). The summed E-state index contributed by atoms with van der Waals surface area (Å²) in [6.45, 7) is 5.57. The second kappa shape index (κ2) is 8.64. The predicted octanol–water partition coefficient (Wildman–Crippen LogP) is 3.93. The number of nitrogens with one attached hydrogen (secondary N) is 1. The minimum absolute atomic E-state index is 0.425. The molecule has 4 aromatic rings. The van der Waals surface area contributed by atoms with E-state index < -0.39 is 0 Å². The number of fused-ring (bicyclic) bond motifs is 1. The Kier molecular flexibility index (Phi) is 5.55. The first kappa shape index (κ1) is 20.5. The minimum atomic E-state index is 0.425. The van der Waals surface area contributed by atoms with Crippen LogP contribution in [0, 0.1) is 6.92 Å². The molecule has 1 aromatic carbocycles. The maximum absolute atomic E-state index is 6.46. The first-order valence-corrected chi connectivity index (χ1v) is 10.8. The molecule has 0 atom stereocenters. The number of benzene rings is 1. The molecule has 4 heterocycles. The minimum Gasteiger partial charge on any atom is -0.494 e. The van der Waals surface area contributed by atoms with Crippen molar-refractivity contribution in [3.8, 4) is 17.1 Å². The van der Waals surface area contributed by atoms with E-state index in [1.54, 1.807) is 19.5 Å². The zero-order valence-electron chi connectivity index (χ0n) is 17.9. The highest BCUT2D eigenvalue weighted by atomic mass is 35.5. The second-order valence-electron chi connectivity index (χ2n) is 7.63. The van der Waals surface area contributed by atoms with Gasteiger partial charge < -0.3 is 15.0 Å². The van der Waals surface area contributed by atoms with Crippen molar-refractivity contribution in [2.45, 2.75) is 6.92 Å². The van der Waals surface area contributed by atoms with Crippen LogP contribution in [0.1, 0.15) is 5.56 Å². The average molecular weight is 449 g/mol. The summed E-state index contributed by atoms with van der Waals surface area (Å²) in [4.78, 5) is 15.8. The van der Waals surface area contributed by atoms with Crippen LogP contribution in [0.25, 0.3) is 17.0 Å². The highest BCUT2D eigenvalue weighted by Gasteiger charge is 2.16. The van der Waals surface area contributed by atoms with Crippen LogP contribution in [0.3, 0.4) is 0 Å². The number of ether oxygens (including phenoxy) is 1. The van der Waals surface area contributed by atoms with Crippen molar-refractivity contribution in [1.82, 2.24) is 24.7 Å². The van der Waals surface area contributed by atoms with Gasteiger partial charge in [0.25, 0.3) is 0 Å². The van der Waals surface area contributed by atoms with E-state index in [4.69, 9.17) is 16.3 Å². The Morgan fingerprint density at radius 1 is 1.06 bits per heavy atom. The summed E-state index contributed by atoms with van der Waals surface area (Å²) in [5.41, 5.74) is 5.27. The predicted molar refractivity (Wildman–Crippen MR) is 126 cm³/mol.